The largest absolute Gasteiger partial charge is 0.391 e. The highest BCUT2D eigenvalue weighted by Crippen LogP contribution is 2.35. The van der Waals surface area contributed by atoms with Gasteiger partial charge in [-0.3, -0.25) is 34.0 Å². The number of para-hydroxylation sites is 1. The summed E-state index contributed by atoms with van der Waals surface area (Å²) in [6, 6.07) is 23.4. The Hall–Kier alpha value is -8.32. The van der Waals surface area contributed by atoms with Crippen molar-refractivity contribution in [1.82, 2.24) is 45.0 Å². The number of amides is 5. The average Bonchev–Trinajstić information content (AvgIpc) is 2.46. The standard InChI is InChI=1S/C65H69F2N11O8S3/c1-37-57(87-36-69-37)43-21-18-39(19-22-43)31-68-61(82)52-30-44(79)34-77(52)63(84)59(65(3,4)5)73-55(80)25-20-41-28-49(66)58(50(67)29-41)89(85,86)75-62(83)56-45(47-32-70-78(38(47)2)33-40-12-7-6-8-13-40)23-24-54(72-56)76-27-26-42-14-11-15-46(48(42)35-76)60(81)74-64-71-51-16-9-10-17-53(51)88-64/h9-11,14-19,21-24,28-29,32,36,40,44,52,59,79H,6-8,12-13,20,25-27,30-31,33-35H2,1-5H3,(H,68,82)(H,73,80)(H,75,83)(H,71,74,81)/t44-,52+,59-/m1/s1. The highest BCUT2D eigenvalue weighted by Gasteiger charge is 2.45. The van der Waals surface area contributed by atoms with Crippen LogP contribution in [0.5, 0.6) is 0 Å². The number of hydrogen-bond acceptors (Lipinski definition) is 15. The van der Waals surface area contributed by atoms with Crippen molar-refractivity contribution in [2.45, 2.75) is 135 Å². The van der Waals surface area contributed by atoms with E-state index in [1.165, 1.54) is 34.0 Å². The molecule has 19 nitrogen and oxygen atoms in total. The molecule has 2 fully saturated rings. The van der Waals surface area contributed by atoms with Crippen molar-refractivity contribution in [2.24, 2.45) is 11.3 Å². The maximum atomic E-state index is 16.2. The van der Waals surface area contributed by atoms with Gasteiger partial charge in [0.25, 0.3) is 21.8 Å². The zero-order chi connectivity index (χ0) is 62.9. The highest BCUT2D eigenvalue weighted by molar-refractivity contribution is 7.90. The third-order valence-corrected chi connectivity index (χ3v) is 20.2. The number of halogens is 2. The molecule has 5 amide bonds. The lowest BCUT2D eigenvalue weighted by Gasteiger charge is -2.35. The Morgan fingerprint density at radius 1 is 0.865 bits per heavy atom. The number of aliphatic hydroxyl groups is 1. The first-order valence-electron chi connectivity index (χ1n) is 29.7. The Morgan fingerprint density at radius 2 is 1.62 bits per heavy atom. The monoisotopic (exact) mass is 1270 g/mol. The number of benzene rings is 4. The second-order valence-electron chi connectivity index (χ2n) is 24.2. The number of nitrogens with zero attached hydrogens (tertiary/aromatic N) is 7. The topological polar surface area (TPSA) is 251 Å². The van der Waals surface area contributed by atoms with Gasteiger partial charge in [-0.1, -0.05) is 99.9 Å². The molecule has 5 N–H and O–H groups in total. The Kier molecular flexibility index (Phi) is 18.2. The second kappa shape index (κ2) is 26.0. The number of hydrogen-bond donors (Lipinski definition) is 5. The van der Waals surface area contributed by atoms with E-state index in [4.69, 9.17) is 4.98 Å². The molecule has 4 aromatic carbocycles. The van der Waals surface area contributed by atoms with Crippen LogP contribution in [0.15, 0.2) is 108 Å². The van der Waals surface area contributed by atoms with E-state index in [1.54, 1.807) is 50.7 Å². The molecule has 11 rings (SSSR count). The molecule has 0 radical (unpaired) electrons. The minimum Gasteiger partial charge on any atom is -0.391 e. The molecule has 6 heterocycles. The van der Waals surface area contributed by atoms with E-state index in [0.29, 0.717) is 47.4 Å². The normalized spacial score (nSPS) is 16.7. The molecule has 1 saturated heterocycles. The number of sulfonamides is 1. The maximum absolute atomic E-state index is 16.2. The molecule has 1 aliphatic carbocycles. The van der Waals surface area contributed by atoms with Crippen LogP contribution in [-0.4, -0.2) is 104 Å². The molecule has 0 spiro atoms. The number of likely N-dealkylation sites (tertiary alicyclic amines) is 1. The van der Waals surface area contributed by atoms with Crippen molar-refractivity contribution in [3.63, 3.8) is 0 Å². The minimum absolute atomic E-state index is 0.0248. The van der Waals surface area contributed by atoms with Gasteiger partial charge in [-0.2, -0.15) is 5.10 Å². The summed E-state index contributed by atoms with van der Waals surface area (Å²) >= 11 is 2.88. The third-order valence-electron chi connectivity index (χ3n) is 16.9. The number of aromatic nitrogens is 5. The van der Waals surface area contributed by atoms with Crippen LogP contribution in [-0.2, 0) is 56.9 Å². The van der Waals surface area contributed by atoms with Crippen LogP contribution in [0, 0.1) is 36.8 Å². The van der Waals surface area contributed by atoms with Gasteiger partial charge in [-0.05, 0) is 121 Å². The third kappa shape index (κ3) is 13.8. The van der Waals surface area contributed by atoms with E-state index < -0.39 is 80.2 Å². The molecule has 0 bridgehead atoms. The summed E-state index contributed by atoms with van der Waals surface area (Å²) < 4.78 is 65.5. The summed E-state index contributed by atoms with van der Waals surface area (Å²) in [6.07, 6.45) is 5.89. The lowest BCUT2D eigenvalue weighted by Crippen LogP contribution is -2.57. The van der Waals surface area contributed by atoms with Gasteiger partial charge in [0.15, 0.2) is 10.0 Å². The summed E-state index contributed by atoms with van der Waals surface area (Å²) in [5.41, 5.74) is 7.42. The fourth-order valence-electron chi connectivity index (χ4n) is 12.1. The molecule has 464 valence electrons. The first kappa shape index (κ1) is 62.3. The summed E-state index contributed by atoms with van der Waals surface area (Å²) in [5.74, 6) is -5.77. The second-order valence-corrected chi connectivity index (χ2v) is 27.7. The number of carbonyl (C=O) groups is 5. The Bertz CT molecular complexity index is 4080. The van der Waals surface area contributed by atoms with Crippen molar-refractivity contribution < 1.29 is 46.3 Å². The van der Waals surface area contributed by atoms with Gasteiger partial charge < -0.3 is 25.5 Å². The number of rotatable bonds is 18. The zero-order valence-corrected chi connectivity index (χ0v) is 52.4. The number of nitrogens with one attached hydrogen (secondary N) is 4. The summed E-state index contributed by atoms with van der Waals surface area (Å²) in [4.78, 5) is 86.6. The molecule has 1 saturated carbocycles. The van der Waals surface area contributed by atoms with E-state index >= 15 is 8.78 Å². The van der Waals surface area contributed by atoms with E-state index in [9.17, 15) is 37.5 Å². The first-order chi connectivity index (χ1) is 42.6. The van der Waals surface area contributed by atoms with Gasteiger partial charge >= 0.3 is 0 Å². The Labute approximate surface area is 522 Å². The molecule has 8 aromatic rings. The predicted molar refractivity (Wildman–Crippen MR) is 337 cm³/mol. The van der Waals surface area contributed by atoms with Crippen LogP contribution in [0.1, 0.15) is 120 Å². The van der Waals surface area contributed by atoms with Gasteiger partial charge in [0, 0.05) is 67.9 Å². The smallest absolute Gasteiger partial charge is 0.284 e. The van der Waals surface area contributed by atoms with Crippen LogP contribution >= 0.6 is 22.7 Å². The van der Waals surface area contributed by atoms with Gasteiger partial charge in [0.05, 0.1) is 38.6 Å². The lowest BCUT2D eigenvalue weighted by atomic mass is 9.85. The molecule has 0 unspecified atom stereocenters. The molecule has 3 aliphatic rings. The number of thiazole rings is 2. The SMILES string of the molecule is Cc1ncsc1-c1ccc(CNC(=O)[C@@H]2C[C@@H](O)CN2C(=O)[C@@H](NC(=O)CCc2cc(F)c(S(=O)(=O)NC(=O)c3nc(N4CCc5cccc(C(=O)Nc6nc7ccccc7s6)c5C4)ccc3-c3cnn(CC4CCCCC4)c3C)c(F)c2)C(C)(C)C)cc1. The summed E-state index contributed by atoms with van der Waals surface area (Å²) in [6.45, 7) is 10.2. The van der Waals surface area contributed by atoms with Crippen molar-refractivity contribution in [3.05, 3.63) is 159 Å². The molecule has 3 atom stereocenters. The fraction of sp³-hybridized carbons (Fsp3) is 0.369. The van der Waals surface area contributed by atoms with Gasteiger partial charge in [0.1, 0.15) is 35.2 Å². The molecule has 2 aliphatic heterocycles. The molecule has 4 aromatic heterocycles. The maximum Gasteiger partial charge on any atom is 0.284 e. The van der Waals surface area contributed by atoms with Crippen LogP contribution in [0.3, 0.4) is 0 Å². The number of β-amino-alcohol motifs (C(OH)–C–C–N with tert-alkyl or cyclic N) is 1. The molecular formula is C65H69F2N11O8S3. The average molecular weight is 1270 g/mol. The quantitative estimate of drug-likeness (QED) is 0.0537. The van der Waals surface area contributed by atoms with E-state index in [0.717, 1.165) is 80.9 Å². The van der Waals surface area contributed by atoms with Crippen molar-refractivity contribution in [1.29, 1.82) is 0 Å². The van der Waals surface area contributed by atoms with Crippen molar-refractivity contribution >= 4 is 83.4 Å². The van der Waals surface area contributed by atoms with Gasteiger partial charge in [0.2, 0.25) is 17.7 Å². The molecule has 24 heteroatoms. The number of aryl methyl sites for hydroxylation is 2. The fourth-order valence-corrected chi connectivity index (χ4v) is 14.9. The molecular weight excluding hydrogens is 1200 g/mol. The van der Waals surface area contributed by atoms with Crippen LogP contribution < -0.4 is 25.6 Å². The zero-order valence-electron chi connectivity index (χ0n) is 49.9. The van der Waals surface area contributed by atoms with Crippen molar-refractivity contribution in [2.75, 3.05) is 23.3 Å². The number of anilines is 2. The van der Waals surface area contributed by atoms with Crippen LogP contribution in [0.4, 0.5) is 19.7 Å². The van der Waals surface area contributed by atoms with Crippen LogP contribution in [0.25, 0.3) is 31.8 Å². The number of pyridine rings is 1. The van der Waals surface area contributed by atoms with E-state index in [2.05, 4.69) is 31.0 Å². The van der Waals surface area contributed by atoms with Crippen LogP contribution in [0.2, 0.25) is 0 Å². The Balaban J connectivity index is 0.779. The summed E-state index contributed by atoms with van der Waals surface area (Å²) in [7, 11) is -5.30. The number of aliphatic hydroxyl groups excluding tert-OH is 1. The van der Waals surface area contributed by atoms with E-state index in [-0.39, 0.29) is 61.0 Å². The number of fused-ring (bicyclic) bond motifs is 2. The number of carbonyl (C=O) groups excluding carboxylic acids is 5. The van der Waals surface area contributed by atoms with E-state index in [1.807, 2.05) is 88.8 Å². The molecule has 89 heavy (non-hydrogen) atoms. The predicted octanol–water partition coefficient (Wildman–Crippen LogP) is 9.83. The van der Waals surface area contributed by atoms with Gasteiger partial charge in [-0.25, -0.2) is 36.9 Å². The first-order valence-corrected chi connectivity index (χ1v) is 32.9. The Morgan fingerprint density at radius 3 is 2.34 bits per heavy atom. The van der Waals surface area contributed by atoms with Gasteiger partial charge in [-0.15, -0.1) is 11.3 Å². The highest BCUT2D eigenvalue weighted by atomic mass is 32.2. The summed E-state index contributed by atoms with van der Waals surface area (Å²) in [5, 5.41) is 24.4. The minimum atomic E-state index is -5.30. The van der Waals surface area contributed by atoms with Crippen molar-refractivity contribution in [3.8, 4) is 21.6 Å². The lowest BCUT2D eigenvalue weighted by molar-refractivity contribution is -0.144.